The van der Waals surface area contributed by atoms with Crippen LogP contribution in [0.2, 0.25) is 5.02 Å². The molecule has 0 atom stereocenters. The monoisotopic (exact) mass is 197 g/mol. The maximum Gasteiger partial charge on any atom is 0.241 e. The number of primary amides is 1. The van der Waals surface area contributed by atoms with Crippen LogP contribution in [0.4, 0.5) is 5.82 Å². The predicted octanol–water partition coefficient (Wildman–Crippen LogP) is 0.816. The number of amides is 1. The number of nitrogens with two attached hydrogens (primary N) is 2. The summed E-state index contributed by atoms with van der Waals surface area (Å²) in [5, 5.41) is 0.435. The van der Waals surface area contributed by atoms with Gasteiger partial charge in [-0.1, -0.05) is 11.6 Å². The molecule has 0 unspecified atom stereocenters. The summed E-state index contributed by atoms with van der Waals surface area (Å²) in [5.74, 6) is -0.200. The van der Waals surface area contributed by atoms with E-state index in [1.807, 2.05) is 0 Å². The van der Waals surface area contributed by atoms with Gasteiger partial charge in [0.1, 0.15) is 5.82 Å². The van der Waals surface area contributed by atoms with Crippen LogP contribution < -0.4 is 11.5 Å². The smallest absolute Gasteiger partial charge is 0.241 e. The number of nitrogen functional groups attached to an aromatic ring is 1. The van der Waals surface area contributed by atoms with Crippen molar-refractivity contribution in [2.45, 2.75) is 0 Å². The van der Waals surface area contributed by atoms with Crippen LogP contribution in [-0.2, 0) is 4.79 Å². The van der Waals surface area contributed by atoms with Gasteiger partial charge in [-0.25, -0.2) is 4.98 Å². The van der Waals surface area contributed by atoms with Gasteiger partial charge in [-0.15, -0.1) is 0 Å². The molecule has 1 aromatic rings. The molecule has 0 fully saturated rings. The molecule has 0 spiro atoms. The molecule has 1 rings (SSSR count). The molecule has 0 saturated carbocycles. The minimum atomic E-state index is -0.534. The molecule has 1 aromatic heterocycles. The second kappa shape index (κ2) is 3.91. The molecule has 68 valence electrons. The third-order valence-electron chi connectivity index (χ3n) is 1.33. The normalized spacial score (nSPS) is 10.5. The number of carbonyl (C=O) groups excluding carboxylic acids is 1. The van der Waals surface area contributed by atoms with Gasteiger partial charge in [-0.3, -0.25) is 4.79 Å². The summed E-state index contributed by atoms with van der Waals surface area (Å²) < 4.78 is 0. The molecule has 0 aromatic carbocycles. The van der Waals surface area contributed by atoms with E-state index in [1.165, 1.54) is 24.4 Å². The fourth-order valence-corrected chi connectivity index (χ4v) is 0.974. The molecule has 4 N–H and O–H groups in total. The number of nitrogens with zero attached hydrogens (tertiary/aromatic N) is 1. The molecule has 0 bridgehead atoms. The van der Waals surface area contributed by atoms with E-state index in [0.717, 1.165) is 0 Å². The van der Waals surface area contributed by atoms with Crippen molar-refractivity contribution in [3.05, 3.63) is 28.9 Å². The molecule has 0 aliphatic rings. The van der Waals surface area contributed by atoms with Crippen LogP contribution in [0.25, 0.3) is 6.08 Å². The topological polar surface area (TPSA) is 82.0 Å². The van der Waals surface area contributed by atoms with Crippen molar-refractivity contribution < 1.29 is 4.79 Å². The van der Waals surface area contributed by atoms with Crippen LogP contribution in [-0.4, -0.2) is 10.9 Å². The lowest BCUT2D eigenvalue weighted by Crippen LogP contribution is -2.05. The van der Waals surface area contributed by atoms with E-state index < -0.39 is 5.91 Å². The van der Waals surface area contributed by atoms with Gasteiger partial charge in [-0.2, -0.15) is 0 Å². The van der Waals surface area contributed by atoms with Crippen LogP contribution in [0.1, 0.15) is 5.56 Å². The van der Waals surface area contributed by atoms with Crippen LogP contribution >= 0.6 is 11.6 Å². The van der Waals surface area contributed by atoms with Crippen molar-refractivity contribution >= 4 is 29.4 Å². The quantitative estimate of drug-likeness (QED) is 0.689. The third-order valence-corrected chi connectivity index (χ3v) is 1.66. The fourth-order valence-electron chi connectivity index (χ4n) is 0.751. The number of halogens is 1. The van der Waals surface area contributed by atoms with E-state index in [9.17, 15) is 4.79 Å². The zero-order chi connectivity index (χ0) is 9.84. The highest BCUT2D eigenvalue weighted by atomic mass is 35.5. The second-order valence-electron chi connectivity index (χ2n) is 2.37. The lowest BCUT2D eigenvalue weighted by molar-refractivity contribution is -0.113. The van der Waals surface area contributed by atoms with Crippen molar-refractivity contribution in [3.63, 3.8) is 0 Å². The Balaban J connectivity index is 2.96. The van der Waals surface area contributed by atoms with Crippen molar-refractivity contribution in [3.8, 4) is 0 Å². The Kier molecular flexibility index (Phi) is 2.87. The van der Waals surface area contributed by atoms with Gasteiger partial charge < -0.3 is 11.5 Å². The van der Waals surface area contributed by atoms with E-state index in [1.54, 1.807) is 0 Å². The van der Waals surface area contributed by atoms with Crippen molar-refractivity contribution in [1.82, 2.24) is 4.98 Å². The van der Waals surface area contributed by atoms with Crippen LogP contribution in [0.3, 0.4) is 0 Å². The Labute approximate surface area is 80.2 Å². The molecule has 4 nitrogen and oxygen atoms in total. The Morgan fingerprint density at radius 2 is 2.31 bits per heavy atom. The van der Waals surface area contributed by atoms with Gasteiger partial charge in [0.05, 0.1) is 5.02 Å². The van der Waals surface area contributed by atoms with Crippen molar-refractivity contribution in [2.24, 2.45) is 5.73 Å². The molecule has 5 heteroatoms. The van der Waals surface area contributed by atoms with Gasteiger partial charge in [0.15, 0.2) is 0 Å². The van der Waals surface area contributed by atoms with Gasteiger partial charge in [0, 0.05) is 17.8 Å². The lowest BCUT2D eigenvalue weighted by atomic mass is 10.2. The predicted molar refractivity (Wildman–Crippen MR) is 51.9 cm³/mol. The minimum Gasteiger partial charge on any atom is -0.384 e. The Morgan fingerprint density at radius 3 is 2.85 bits per heavy atom. The van der Waals surface area contributed by atoms with E-state index in [0.29, 0.717) is 16.4 Å². The highest BCUT2D eigenvalue weighted by molar-refractivity contribution is 6.32. The molecule has 0 aliphatic heterocycles. The van der Waals surface area contributed by atoms with E-state index in [4.69, 9.17) is 23.1 Å². The summed E-state index contributed by atoms with van der Waals surface area (Å²) in [5.41, 5.74) is 10.9. The number of carbonyl (C=O) groups is 1. The standard InChI is InChI=1S/C8H8ClN3O/c9-6-3-7(10)12-4-5(6)1-2-8(11)13/h1-4H,(H2,10,12)(H2,11,13). The summed E-state index contributed by atoms with van der Waals surface area (Å²) in [7, 11) is 0. The summed E-state index contributed by atoms with van der Waals surface area (Å²) >= 11 is 5.79. The summed E-state index contributed by atoms with van der Waals surface area (Å²) in [6.45, 7) is 0. The number of hydrogen-bond donors (Lipinski definition) is 2. The van der Waals surface area contributed by atoms with Crippen LogP contribution in [0.15, 0.2) is 18.3 Å². The van der Waals surface area contributed by atoms with Gasteiger partial charge >= 0.3 is 0 Å². The first-order valence-corrected chi connectivity index (χ1v) is 3.86. The summed E-state index contributed by atoms with van der Waals surface area (Å²) in [4.78, 5) is 14.2. The molecule has 1 heterocycles. The van der Waals surface area contributed by atoms with Crippen LogP contribution in [0.5, 0.6) is 0 Å². The highest BCUT2D eigenvalue weighted by Gasteiger charge is 1.97. The number of pyridine rings is 1. The Bertz CT molecular complexity index is 362. The minimum absolute atomic E-state index is 0.334. The molecule has 1 amide bonds. The van der Waals surface area contributed by atoms with Crippen molar-refractivity contribution in [1.29, 1.82) is 0 Å². The lowest BCUT2D eigenvalue weighted by Gasteiger charge is -1.97. The second-order valence-corrected chi connectivity index (χ2v) is 2.77. The number of anilines is 1. The first-order chi connectivity index (χ1) is 6.09. The van der Waals surface area contributed by atoms with Gasteiger partial charge in [0.2, 0.25) is 5.91 Å². The average Bonchev–Trinajstić information content (AvgIpc) is 2.02. The highest BCUT2D eigenvalue weighted by Crippen LogP contribution is 2.17. The average molecular weight is 198 g/mol. The first kappa shape index (κ1) is 9.54. The SMILES string of the molecule is NC(=O)C=Cc1cnc(N)cc1Cl. The number of hydrogen-bond acceptors (Lipinski definition) is 3. The fraction of sp³-hybridized carbons (Fsp3) is 0. The van der Waals surface area contributed by atoms with E-state index >= 15 is 0 Å². The van der Waals surface area contributed by atoms with Crippen LogP contribution in [0, 0.1) is 0 Å². The van der Waals surface area contributed by atoms with E-state index in [2.05, 4.69) is 4.98 Å². The maximum atomic E-state index is 10.4. The molecule has 0 saturated heterocycles. The Morgan fingerprint density at radius 1 is 1.62 bits per heavy atom. The van der Waals surface area contributed by atoms with Gasteiger partial charge in [0.25, 0.3) is 0 Å². The Hall–Kier alpha value is -1.55. The summed E-state index contributed by atoms with van der Waals surface area (Å²) in [6, 6.07) is 1.50. The molecular formula is C8H8ClN3O. The van der Waals surface area contributed by atoms with Gasteiger partial charge in [-0.05, 0) is 12.1 Å². The first-order valence-electron chi connectivity index (χ1n) is 3.48. The number of rotatable bonds is 2. The largest absolute Gasteiger partial charge is 0.384 e. The molecule has 0 radical (unpaired) electrons. The number of aromatic nitrogens is 1. The maximum absolute atomic E-state index is 10.4. The third kappa shape index (κ3) is 2.76. The molecular weight excluding hydrogens is 190 g/mol. The zero-order valence-electron chi connectivity index (χ0n) is 6.70. The van der Waals surface area contributed by atoms with Crippen molar-refractivity contribution in [2.75, 3.05) is 5.73 Å². The summed E-state index contributed by atoms with van der Waals surface area (Å²) in [6.07, 6.45) is 4.16. The van der Waals surface area contributed by atoms with E-state index in [-0.39, 0.29) is 0 Å². The zero-order valence-corrected chi connectivity index (χ0v) is 7.45. The molecule has 13 heavy (non-hydrogen) atoms. The molecule has 0 aliphatic carbocycles.